The predicted octanol–water partition coefficient (Wildman–Crippen LogP) is 3.11. The van der Waals surface area contributed by atoms with Crippen molar-refractivity contribution in [2.75, 3.05) is 5.32 Å². The molecule has 4 nitrogen and oxygen atoms in total. The van der Waals surface area contributed by atoms with Gasteiger partial charge in [-0.05, 0) is 49.7 Å². The van der Waals surface area contributed by atoms with Gasteiger partial charge in [-0.3, -0.25) is 4.79 Å². The van der Waals surface area contributed by atoms with Crippen LogP contribution >= 0.6 is 0 Å². The third kappa shape index (κ3) is 3.51. The molecule has 20 heavy (non-hydrogen) atoms. The number of ether oxygens (including phenoxy) is 1. The third-order valence-electron chi connectivity index (χ3n) is 2.90. The minimum Gasteiger partial charge on any atom is -0.508 e. The Morgan fingerprint density at radius 2 is 1.80 bits per heavy atom. The zero-order chi connectivity index (χ0) is 14.5. The van der Waals surface area contributed by atoms with Gasteiger partial charge in [-0.15, -0.1) is 0 Å². The Hall–Kier alpha value is -2.49. The van der Waals surface area contributed by atoms with Crippen molar-refractivity contribution in [3.8, 4) is 11.5 Å². The summed E-state index contributed by atoms with van der Waals surface area (Å²) in [6.07, 6.45) is -0.607. The topological polar surface area (TPSA) is 58.6 Å². The molecule has 0 spiro atoms. The molecule has 2 N–H and O–H groups in total. The first-order valence-corrected chi connectivity index (χ1v) is 6.38. The number of aryl methyl sites for hydroxylation is 1. The maximum Gasteiger partial charge on any atom is 0.265 e. The van der Waals surface area contributed by atoms with Crippen LogP contribution in [0, 0.1) is 6.92 Å². The van der Waals surface area contributed by atoms with Gasteiger partial charge in [-0.25, -0.2) is 0 Å². The Kier molecular flexibility index (Phi) is 4.25. The van der Waals surface area contributed by atoms with Gasteiger partial charge in [-0.2, -0.15) is 0 Å². The number of phenolic OH excluding ortho intramolecular Hbond substituents is 1. The van der Waals surface area contributed by atoms with E-state index in [-0.39, 0.29) is 11.7 Å². The number of phenols is 1. The molecule has 0 bridgehead atoms. The van der Waals surface area contributed by atoms with E-state index in [0.29, 0.717) is 11.4 Å². The van der Waals surface area contributed by atoms with Crippen molar-refractivity contribution in [2.24, 2.45) is 0 Å². The van der Waals surface area contributed by atoms with E-state index in [1.54, 1.807) is 19.1 Å². The molecule has 0 aliphatic carbocycles. The monoisotopic (exact) mass is 271 g/mol. The van der Waals surface area contributed by atoms with Crippen LogP contribution in [0.1, 0.15) is 12.5 Å². The SMILES string of the molecule is Cc1ccccc1OC(C)C(=O)Nc1ccc(O)cc1. The number of carbonyl (C=O) groups excluding carboxylic acids is 1. The normalized spacial score (nSPS) is 11.7. The van der Waals surface area contributed by atoms with Gasteiger partial charge in [-0.1, -0.05) is 18.2 Å². The van der Waals surface area contributed by atoms with E-state index in [4.69, 9.17) is 4.74 Å². The van der Waals surface area contributed by atoms with Gasteiger partial charge in [0.1, 0.15) is 11.5 Å². The first-order valence-electron chi connectivity index (χ1n) is 6.38. The molecular weight excluding hydrogens is 254 g/mol. The number of hydrogen-bond acceptors (Lipinski definition) is 3. The van der Waals surface area contributed by atoms with E-state index < -0.39 is 6.10 Å². The number of amides is 1. The Labute approximate surface area is 118 Å². The highest BCUT2D eigenvalue weighted by Crippen LogP contribution is 2.19. The maximum atomic E-state index is 12.0. The van der Waals surface area contributed by atoms with E-state index in [9.17, 15) is 9.90 Å². The van der Waals surface area contributed by atoms with Crippen molar-refractivity contribution >= 4 is 11.6 Å². The molecule has 2 rings (SSSR count). The van der Waals surface area contributed by atoms with Crippen LogP contribution in [-0.4, -0.2) is 17.1 Å². The molecule has 0 fully saturated rings. The fourth-order valence-electron chi connectivity index (χ4n) is 1.72. The van der Waals surface area contributed by atoms with E-state index >= 15 is 0 Å². The number of anilines is 1. The molecule has 104 valence electrons. The molecule has 0 aliphatic rings. The highest BCUT2D eigenvalue weighted by Gasteiger charge is 2.15. The molecule has 0 saturated carbocycles. The molecule has 1 unspecified atom stereocenters. The average Bonchev–Trinajstić information content (AvgIpc) is 2.44. The first kappa shape index (κ1) is 13.9. The standard InChI is InChI=1S/C16H17NO3/c1-11-5-3-4-6-15(11)20-12(2)16(19)17-13-7-9-14(18)10-8-13/h3-10,12,18H,1-2H3,(H,17,19). The lowest BCUT2D eigenvalue weighted by Gasteiger charge is -2.16. The number of nitrogens with one attached hydrogen (secondary N) is 1. The zero-order valence-electron chi connectivity index (χ0n) is 11.5. The van der Waals surface area contributed by atoms with E-state index in [1.165, 1.54) is 12.1 Å². The van der Waals surface area contributed by atoms with Crippen LogP contribution in [0.4, 0.5) is 5.69 Å². The molecule has 0 aliphatic heterocycles. The van der Waals surface area contributed by atoms with Crippen molar-refractivity contribution in [2.45, 2.75) is 20.0 Å². The second-order valence-electron chi connectivity index (χ2n) is 4.56. The minimum absolute atomic E-state index is 0.159. The van der Waals surface area contributed by atoms with Gasteiger partial charge in [0.25, 0.3) is 5.91 Å². The Morgan fingerprint density at radius 1 is 1.15 bits per heavy atom. The summed E-state index contributed by atoms with van der Waals surface area (Å²) in [6.45, 7) is 3.63. The molecule has 0 aromatic heterocycles. The third-order valence-corrected chi connectivity index (χ3v) is 2.90. The molecule has 0 saturated heterocycles. The van der Waals surface area contributed by atoms with Gasteiger partial charge in [0.2, 0.25) is 0 Å². The molecule has 2 aromatic rings. The van der Waals surface area contributed by atoms with Crippen molar-refractivity contribution in [3.63, 3.8) is 0 Å². The van der Waals surface area contributed by atoms with Crippen LogP contribution in [0.25, 0.3) is 0 Å². The summed E-state index contributed by atoms with van der Waals surface area (Å²) >= 11 is 0. The Bertz CT molecular complexity index is 593. The van der Waals surface area contributed by atoms with E-state index in [2.05, 4.69) is 5.32 Å². The predicted molar refractivity (Wildman–Crippen MR) is 78.0 cm³/mol. The van der Waals surface area contributed by atoms with Crippen LogP contribution in [-0.2, 0) is 4.79 Å². The lowest BCUT2D eigenvalue weighted by atomic mass is 10.2. The molecule has 1 atom stereocenters. The molecule has 1 amide bonds. The zero-order valence-corrected chi connectivity index (χ0v) is 11.5. The number of benzene rings is 2. The van der Waals surface area contributed by atoms with Crippen molar-refractivity contribution < 1.29 is 14.6 Å². The summed E-state index contributed by atoms with van der Waals surface area (Å²) in [6, 6.07) is 13.8. The number of aromatic hydroxyl groups is 1. The lowest BCUT2D eigenvalue weighted by Crippen LogP contribution is -2.30. The Balaban J connectivity index is 1.99. The summed E-state index contributed by atoms with van der Waals surface area (Å²) in [5, 5.41) is 11.9. The first-order chi connectivity index (χ1) is 9.56. The number of rotatable bonds is 4. The number of hydrogen-bond donors (Lipinski definition) is 2. The van der Waals surface area contributed by atoms with E-state index in [1.807, 2.05) is 31.2 Å². The van der Waals surface area contributed by atoms with E-state index in [0.717, 1.165) is 5.56 Å². The van der Waals surface area contributed by atoms with Gasteiger partial charge in [0.05, 0.1) is 0 Å². The summed E-state index contributed by atoms with van der Waals surface area (Å²) in [4.78, 5) is 12.0. The second-order valence-corrected chi connectivity index (χ2v) is 4.56. The van der Waals surface area contributed by atoms with Crippen LogP contribution in [0.3, 0.4) is 0 Å². The fraction of sp³-hybridized carbons (Fsp3) is 0.188. The minimum atomic E-state index is -0.607. The largest absolute Gasteiger partial charge is 0.508 e. The summed E-state index contributed by atoms with van der Waals surface area (Å²) in [5.41, 5.74) is 1.60. The van der Waals surface area contributed by atoms with Gasteiger partial charge in [0.15, 0.2) is 6.10 Å². The second kappa shape index (κ2) is 6.10. The molecule has 0 heterocycles. The van der Waals surface area contributed by atoms with Crippen LogP contribution < -0.4 is 10.1 Å². The highest BCUT2D eigenvalue weighted by molar-refractivity contribution is 5.94. The average molecular weight is 271 g/mol. The van der Waals surface area contributed by atoms with Crippen molar-refractivity contribution in [1.82, 2.24) is 0 Å². The molecule has 0 radical (unpaired) electrons. The molecule has 2 aromatic carbocycles. The van der Waals surface area contributed by atoms with Crippen LogP contribution in [0.5, 0.6) is 11.5 Å². The number of para-hydroxylation sites is 1. The summed E-state index contributed by atoms with van der Waals surface area (Å²) < 4.78 is 5.64. The van der Waals surface area contributed by atoms with Crippen molar-refractivity contribution in [3.05, 3.63) is 54.1 Å². The van der Waals surface area contributed by atoms with Gasteiger partial charge in [0, 0.05) is 5.69 Å². The maximum absolute atomic E-state index is 12.0. The van der Waals surface area contributed by atoms with Gasteiger partial charge >= 0.3 is 0 Å². The van der Waals surface area contributed by atoms with Gasteiger partial charge < -0.3 is 15.2 Å². The fourth-order valence-corrected chi connectivity index (χ4v) is 1.72. The molecule has 4 heteroatoms. The molecular formula is C16H17NO3. The lowest BCUT2D eigenvalue weighted by molar-refractivity contribution is -0.122. The van der Waals surface area contributed by atoms with Crippen LogP contribution in [0.15, 0.2) is 48.5 Å². The smallest absolute Gasteiger partial charge is 0.265 e. The summed E-state index contributed by atoms with van der Waals surface area (Å²) in [7, 11) is 0. The van der Waals surface area contributed by atoms with Crippen molar-refractivity contribution in [1.29, 1.82) is 0 Å². The van der Waals surface area contributed by atoms with Crippen LogP contribution in [0.2, 0.25) is 0 Å². The quantitative estimate of drug-likeness (QED) is 0.840. The number of carbonyl (C=O) groups is 1. The Morgan fingerprint density at radius 3 is 2.45 bits per heavy atom. The highest BCUT2D eigenvalue weighted by atomic mass is 16.5. The summed E-state index contributed by atoms with van der Waals surface area (Å²) in [5.74, 6) is 0.618.